The summed E-state index contributed by atoms with van der Waals surface area (Å²) in [5.74, 6) is -0.461. The summed E-state index contributed by atoms with van der Waals surface area (Å²) >= 11 is 10.3. The van der Waals surface area contributed by atoms with E-state index < -0.39 is 0 Å². The smallest absolute Gasteiger partial charge is 0.203 e. The number of halogens is 3. The maximum atomic E-state index is 13.1. The highest BCUT2D eigenvalue weighted by Crippen LogP contribution is 2.33. The lowest BCUT2D eigenvalue weighted by Gasteiger charge is -2.00. The molecule has 0 aliphatic rings. The SMILES string of the molecule is Cc1cc(C(=O)c2cc(Br)c(Cl)s2)ccc1F. The average molecular weight is 334 g/mol. The normalized spacial score (nSPS) is 10.6. The Morgan fingerprint density at radius 3 is 2.65 bits per heavy atom. The Morgan fingerprint density at radius 1 is 1.41 bits per heavy atom. The van der Waals surface area contributed by atoms with Crippen LogP contribution < -0.4 is 0 Å². The number of benzene rings is 1. The van der Waals surface area contributed by atoms with Gasteiger partial charge < -0.3 is 0 Å². The summed E-state index contributed by atoms with van der Waals surface area (Å²) in [7, 11) is 0. The molecule has 17 heavy (non-hydrogen) atoms. The Balaban J connectivity index is 2.40. The topological polar surface area (TPSA) is 17.1 Å². The third-order valence-corrected chi connectivity index (χ3v) is 4.76. The van der Waals surface area contributed by atoms with Crippen LogP contribution in [-0.4, -0.2) is 5.78 Å². The summed E-state index contributed by atoms with van der Waals surface area (Å²) in [5.41, 5.74) is 0.923. The predicted molar refractivity (Wildman–Crippen MR) is 71.6 cm³/mol. The first-order chi connectivity index (χ1) is 7.99. The van der Waals surface area contributed by atoms with Crippen molar-refractivity contribution in [2.45, 2.75) is 6.92 Å². The first-order valence-electron chi connectivity index (χ1n) is 4.74. The van der Waals surface area contributed by atoms with Gasteiger partial charge >= 0.3 is 0 Å². The second kappa shape index (κ2) is 4.88. The number of thiophene rings is 1. The first-order valence-corrected chi connectivity index (χ1v) is 6.73. The third kappa shape index (κ3) is 2.59. The maximum absolute atomic E-state index is 13.1. The van der Waals surface area contributed by atoms with Gasteiger partial charge in [0.05, 0.1) is 4.88 Å². The number of hydrogen-bond acceptors (Lipinski definition) is 2. The maximum Gasteiger partial charge on any atom is 0.203 e. The van der Waals surface area contributed by atoms with E-state index in [0.717, 1.165) is 0 Å². The fraction of sp³-hybridized carbons (Fsp3) is 0.0833. The van der Waals surface area contributed by atoms with Crippen molar-refractivity contribution in [3.8, 4) is 0 Å². The highest BCUT2D eigenvalue weighted by Gasteiger charge is 2.15. The predicted octanol–water partition coefficient (Wildman–Crippen LogP) is 4.84. The number of hydrogen-bond donors (Lipinski definition) is 0. The van der Waals surface area contributed by atoms with Gasteiger partial charge in [0.1, 0.15) is 10.2 Å². The van der Waals surface area contributed by atoms with Gasteiger partial charge in [0, 0.05) is 10.0 Å². The minimum absolute atomic E-state index is 0.147. The highest BCUT2D eigenvalue weighted by atomic mass is 79.9. The van der Waals surface area contributed by atoms with E-state index in [4.69, 9.17) is 11.6 Å². The standard InChI is InChI=1S/C12H7BrClFOS/c1-6-4-7(2-3-9(6)15)11(16)10-5-8(13)12(14)17-10/h2-5H,1H3. The van der Waals surface area contributed by atoms with Gasteiger partial charge in [-0.05, 0) is 52.7 Å². The van der Waals surface area contributed by atoms with E-state index in [9.17, 15) is 9.18 Å². The summed E-state index contributed by atoms with van der Waals surface area (Å²) < 4.78 is 14.3. The van der Waals surface area contributed by atoms with Crippen molar-refractivity contribution in [2.24, 2.45) is 0 Å². The van der Waals surface area contributed by atoms with E-state index in [-0.39, 0.29) is 11.6 Å². The Bertz CT molecular complexity index is 575. The molecule has 2 aromatic rings. The van der Waals surface area contributed by atoms with E-state index >= 15 is 0 Å². The molecule has 1 nitrogen and oxygen atoms in total. The van der Waals surface area contributed by atoms with Gasteiger partial charge in [-0.25, -0.2) is 4.39 Å². The zero-order valence-corrected chi connectivity index (χ0v) is 11.9. The number of aryl methyl sites for hydroxylation is 1. The minimum atomic E-state index is -0.313. The Hall–Kier alpha value is -0.710. The molecule has 0 fully saturated rings. The Kier molecular flexibility index (Phi) is 3.66. The Morgan fingerprint density at radius 2 is 2.12 bits per heavy atom. The lowest BCUT2D eigenvalue weighted by atomic mass is 10.1. The molecule has 0 aliphatic heterocycles. The van der Waals surface area contributed by atoms with Gasteiger partial charge in [-0.15, -0.1) is 11.3 Å². The van der Waals surface area contributed by atoms with Gasteiger partial charge in [0.15, 0.2) is 0 Å². The molecule has 88 valence electrons. The lowest BCUT2D eigenvalue weighted by Crippen LogP contribution is -1.99. The summed E-state index contributed by atoms with van der Waals surface area (Å²) in [5, 5.41) is 0. The lowest BCUT2D eigenvalue weighted by molar-refractivity contribution is 0.104. The molecule has 1 aromatic heterocycles. The molecule has 0 spiro atoms. The number of carbonyl (C=O) groups is 1. The Labute approximate surface area is 115 Å². The van der Waals surface area contributed by atoms with Crippen LogP contribution in [0, 0.1) is 12.7 Å². The monoisotopic (exact) mass is 332 g/mol. The van der Waals surface area contributed by atoms with Crippen LogP contribution in [-0.2, 0) is 0 Å². The first kappa shape index (κ1) is 12.7. The molecular formula is C12H7BrClFOS. The number of ketones is 1. The van der Waals surface area contributed by atoms with Crippen molar-refractivity contribution in [1.29, 1.82) is 0 Å². The van der Waals surface area contributed by atoms with Crippen LogP contribution >= 0.6 is 38.9 Å². The number of rotatable bonds is 2. The number of carbonyl (C=O) groups excluding carboxylic acids is 1. The molecule has 2 rings (SSSR count). The molecular weight excluding hydrogens is 327 g/mol. The molecule has 5 heteroatoms. The summed E-state index contributed by atoms with van der Waals surface area (Å²) in [6.45, 7) is 1.63. The van der Waals surface area contributed by atoms with Crippen LogP contribution in [0.15, 0.2) is 28.7 Å². The van der Waals surface area contributed by atoms with Crippen molar-refractivity contribution in [2.75, 3.05) is 0 Å². The van der Waals surface area contributed by atoms with Gasteiger partial charge in [-0.2, -0.15) is 0 Å². The quantitative estimate of drug-likeness (QED) is 0.719. The summed E-state index contributed by atoms with van der Waals surface area (Å²) in [4.78, 5) is 12.6. The highest BCUT2D eigenvalue weighted by molar-refractivity contribution is 9.10. The summed E-state index contributed by atoms with van der Waals surface area (Å²) in [6, 6.07) is 5.99. The second-order valence-corrected chi connectivity index (χ2v) is 6.03. The third-order valence-electron chi connectivity index (χ3n) is 2.29. The van der Waals surface area contributed by atoms with Crippen molar-refractivity contribution in [3.63, 3.8) is 0 Å². The van der Waals surface area contributed by atoms with Gasteiger partial charge in [0.25, 0.3) is 0 Å². The van der Waals surface area contributed by atoms with E-state index in [1.807, 2.05) is 0 Å². The zero-order valence-electron chi connectivity index (χ0n) is 8.76. The van der Waals surface area contributed by atoms with E-state index in [2.05, 4.69) is 15.9 Å². The van der Waals surface area contributed by atoms with Crippen LogP contribution in [0.4, 0.5) is 4.39 Å². The molecule has 0 saturated heterocycles. The molecule has 1 heterocycles. The molecule has 0 radical (unpaired) electrons. The minimum Gasteiger partial charge on any atom is -0.288 e. The van der Waals surface area contributed by atoms with Crippen molar-refractivity contribution < 1.29 is 9.18 Å². The van der Waals surface area contributed by atoms with E-state index in [1.165, 1.54) is 23.5 Å². The van der Waals surface area contributed by atoms with Crippen molar-refractivity contribution in [1.82, 2.24) is 0 Å². The molecule has 0 aliphatic carbocycles. The molecule has 0 unspecified atom stereocenters. The van der Waals surface area contributed by atoms with Crippen molar-refractivity contribution >= 4 is 44.7 Å². The molecule has 0 atom stereocenters. The van der Waals surface area contributed by atoms with Crippen LogP contribution in [0.2, 0.25) is 4.34 Å². The van der Waals surface area contributed by atoms with Gasteiger partial charge in [0.2, 0.25) is 5.78 Å². The van der Waals surface area contributed by atoms with Crippen LogP contribution in [0.5, 0.6) is 0 Å². The molecule has 0 N–H and O–H groups in total. The van der Waals surface area contributed by atoms with Crippen LogP contribution in [0.3, 0.4) is 0 Å². The molecule has 1 aromatic carbocycles. The fourth-order valence-corrected chi connectivity index (χ4v) is 3.05. The fourth-order valence-electron chi connectivity index (χ4n) is 1.39. The van der Waals surface area contributed by atoms with E-state index in [0.29, 0.717) is 24.8 Å². The van der Waals surface area contributed by atoms with E-state index in [1.54, 1.807) is 19.1 Å². The second-order valence-electron chi connectivity index (χ2n) is 3.53. The molecule has 0 saturated carbocycles. The summed E-state index contributed by atoms with van der Waals surface area (Å²) in [6.07, 6.45) is 0. The largest absolute Gasteiger partial charge is 0.288 e. The average Bonchev–Trinajstić information content (AvgIpc) is 2.62. The molecule has 0 amide bonds. The van der Waals surface area contributed by atoms with Crippen molar-refractivity contribution in [3.05, 3.63) is 54.9 Å². The van der Waals surface area contributed by atoms with Gasteiger partial charge in [-0.1, -0.05) is 11.6 Å². The van der Waals surface area contributed by atoms with Crippen LogP contribution in [0.25, 0.3) is 0 Å². The zero-order chi connectivity index (χ0) is 12.6. The molecule has 0 bridgehead atoms. The van der Waals surface area contributed by atoms with Gasteiger partial charge in [-0.3, -0.25) is 4.79 Å². The van der Waals surface area contributed by atoms with Crippen LogP contribution in [0.1, 0.15) is 20.8 Å².